The topological polar surface area (TPSA) is 114 Å². The van der Waals surface area contributed by atoms with Gasteiger partial charge in [-0.2, -0.15) is 5.10 Å². The predicted octanol–water partition coefficient (Wildman–Crippen LogP) is 2.84. The van der Waals surface area contributed by atoms with Crippen LogP contribution in [0.1, 0.15) is 31.3 Å². The van der Waals surface area contributed by atoms with Crippen molar-refractivity contribution in [3.63, 3.8) is 0 Å². The van der Waals surface area contributed by atoms with E-state index >= 15 is 0 Å². The highest BCUT2D eigenvalue weighted by Crippen LogP contribution is 2.31. The molecule has 0 spiro atoms. The van der Waals surface area contributed by atoms with Gasteiger partial charge in [0.05, 0.1) is 5.69 Å². The summed E-state index contributed by atoms with van der Waals surface area (Å²) in [4.78, 5) is 22.8. The summed E-state index contributed by atoms with van der Waals surface area (Å²) in [6, 6.07) is 5.80. The van der Waals surface area contributed by atoms with Crippen LogP contribution in [0.15, 0.2) is 24.3 Å². The van der Waals surface area contributed by atoms with E-state index in [0.717, 1.165) is 0 Å². The van der Waals surface area contributed by atoms with Crippen molar-refractivity contribution in [2.75, 3.05) is 5.32 Å². The van der Waals surface area contributed by atoms with E-state index in [4.69, 9.17) is 9.84 Å². The van der Waals surface area contributed by atoms with Gasteiger partial charge in [0.1, 0.15) is 17.0 Å². The standard InChI is InChI=1S/C16H19N3O5/c1-16(2,3)24-15(23)17-9-5-6-10(13(20)7-9)11-8-12(14(21)22)19(4)18-11/h5-8,20H,1-4H3,(H,17,23)(H,21,22). The first-order valence-corrected chi connectivity index (χ1v) is 7.17. The number of phenolic OH excluding ortho intramolecular Hbond substituents is 1. The average molecular weight is 333 g/mol. The molecule has 0 atom stereocenters. The van der Waals surface area contributed by atoms with Gasteiger partial charge in [0.15, 0.2) is 0 Å². The number of aromatic nitrogens is 2. The van der Waals surface area contributed by atoms with Gasteiger partial charge < -0.3 is 14.9 Å². The first-order valence-electron chi connectivity index (χ1n) is 7.17. The summed E-state index contributed by atoms with van der Waals surface area (Å²) in [7, 11) is 1.50. The van der Waals surface area contributed by atoms with Gasteiger partial charge in [-0.1, -0.05) is 0 Å². The molecule has 8 nitrogen and oxygen atoms in total. The van der Waals surface area contributed by atoms with E-state index in [1.165, 1.54) is 29.9 Å². The van der Waals surface area contributed by atoms with Gasteiger partial charge in [-0.05, 0) is 39.0 Å². The Balaban J connectivity index is 2.23. The number of ether oxygens (including phenoxy) is 1. The van der Waals surface area contributed by atoms with Crippen LogP contribution in [0.5, 0.6) is 5.75 Å². The van der Waals surface area contributed by atoms with Gasteiger partial charge in [0.2, 0.25) is 0 Å². The third-order valence-electron chi connectivity index (χ3n) is 3.02. The number of aromatic hydroxyl groups is 1. The highest BCUT2D eigenvalue weighted by molar-refractivity contribution is 5.89. The lowest BCUT2D eigenvalue weighted by Gasteiger charge is -2.19. The number of nitrogens with zero attached hydrogens (tertiary/aromatic N) is 2. The average Bonchev–Trinajstić information content (AvgIpc) is 2.78. The molecule has 24 heavy (non-hydrogen) atoms. The zero-order chi connectivity index (χ0) is 18.1. The number of benzene rings is 1. The van der Waals surface area contributed by atoms with Crippen LogP contribution in [0.2, 0.25) is 0 Å². The molecule has 1 heterocycles. The smallest absolute Gasteiger partial charge is 0.412 e. The van der Waals surface area contributed by atoms with Gasteiger partial charge in [0, 0.05) is 24.4 Å². The second-order valence-electron chi connectivity index (χ2n) is 6.20. The summed E-state index contributed by atoms with van der Waals surface area (Å²) in [5.41, 5.74) is 0.386. The summed E-state index contributed by atoms with van der Waals surface area (Å²) in [5.74, 6) is -1.25. The number of aryl methyl sites for hydroxylation is 1. The van der Waals surface area contributed by atoms with E-state index in [9.17, 15) is 14.7 Å². The second-order valence-corrected chi connectivity index (χ2v) is 6.20. The van der Waals surface area contributed by atoms with E-state index in [1.807, 2.05) is 0 Å². The van der Waals surface area contributed by atoms with Crippen LogP contribution in [0.25, 0.3) is 11.3 Å². The van der Waals surface area contributed by atoms with Gasteiger partial charge in [0.25, 0.3) is 0 Å². The van der Waals surface area contributed by atoms with Crippen molar-refractivity contribution in [1.29, 1.82) is 0 Å². The largest absolute Gasteiger partial charge is 0.507 e. The molecule has 0 aliphatic heterocycles. The number of hydrogen-bond acceptors (Lipinski definition) is 5. The van der Waals surface area contributed by atoms with Crippen molar-refractivity contribution >= 4 is 17.7 Å². The molecule has 2 rings (SSSR count). The molecule has 128 valence electrons. The van der Waals surface area contributed by atoms with E-state index in [0.29, 0.717) is 16.9 Å². The monoisotopic (exact) mass is 333 g/mol. The first-order chi connectivity index (χ1) is 11.1. The summed E-state index contributed by atoms with van der Waals surface area (Å²) >= 11 is 0. The van der Waals surface area contributed by atoms with Crippen molar-refractivity contribution in [2.24, 2.45) is 7.05 Å². The summed E-state index contributed by atoms with van der Waals surface area (Å²) in [5, 5.41) is 25.8. The Kier molecular flexibility index (Phi) is 4.50. The third kappa shape index (κ3) is 4.03. The van der Waals surface area contributed by atoms with Crippen LogP contribution in [-0.2, 0) is 11.8 Å². The zero-order valence-electron chi connectivity index (χ0n) is 13.8. The van der Waals surface area contributed by atoms with Crippen LogP contribution in [0.4, 0.5) is 10.5 Å². The van der Waals surface area contributed by atoms with Crippen LogP contribution in [0.3, 0.4) is 0 Å². The van der Waals surface area contributed by atoms with Crippen molar-refractivity contribution < 1.29 is 24.5 Å². The predicted molar refractivity (Wildman–Crippen MR) is 87.1 cm³/mol. The summed E-state index contributed by atoms with van der Waals surface area (Å²) in [6.45, 7) is 5.23. The lowest BCUT2D eigenvalue weighted by molar-refractivity contribution is 0.0633. The van der Waals surface area contributed by atoms with Crippen molar-refractivity contribution in [1.82, 2.24) is 9.78 Å². The van der Waals surface area contributed by atoms with Crippen molar-refractivity contribution in [2.45, 2.75) is 26.4 Å². The Morgan fingerprint density at radius 1 is 1.25 bits per heavy atom. The maximum Gasteiger partial charge on any atom is 0.412 e. The van der Waals surface area contributed by atoms with E-state index in [-0.39, 0.29) is 11.4 Å². The third-order valence-corrected chi connectivity index (χ3v) is 3.02. The molecular weight excluding hydrogens is 314 g/mol. The molecule has 0 radical (unpaired) electrons. The molecule has 0 aliphatic carbocycles. The van der Waals surface area contributed by atoms with Crippen LogP contribution in [0, 0.1) is 0 Å². The molecule has 1 amide bonds. The number of rotatable bonds is 3. The number of hydrogen-bond donors (Lipinski definition) is 3. The maximum absolute atomic E-state index is 11.7. The molecular formula is C16H19N3O5. The number of carboxylic acids is 1. The van der Waals surface area contributed by atoms with Crippen molar-refractivity contribution in [3.8, 4) is 17.0 Å². The second kappa shape index (κ2) is 6.23. The number of carbonyl (C=O) groups is 2. The minimum atomic E-state index is -1.11. The van der Waals surface area contributed by atoms with E-state index < -0.39 is 17.7 Å². The van der Waals surface area contributed by atoms with E-state index in [2.05, 4.69) is 10.4 Å². The molecule has 3 N–H and O–H groups in total. The van der Waals surface area contributed by atoms with Gasteiger partial charge >= 0.3 is 12.1 Å². The number of amides is 1. The lowest BCUT2D eigenvalue weighted by atomic mass is 10.1. The van der Waals surface area contributed by atoms with Gasteiger partial charge in [-0.15, -0.1) is 0 Å². The van der Waals surface area contributed by atoms with Crippen LogP contribution in [-0.4, -0.2) is 37.7 Å². The Labute approximate surface area is 138 Å². The number of carboxylic acid groups (broad SMARTS) is 1. The Morgan fingerprint density at radius 2 is 1.92 bits per heavy atom. The SMILES string of the molecule is Cn1nc(-c2ccc(NC(=O)OC(C)(C)C)cc2O)cc1C(=O)O. The lowest BCUT2D eigenvalue weighted by Crippen LogP contribution is -2.27. The maximum atomic E-state index is 11.7. The van der Waals surface area contributed by atoms with Crippen LogP contribution >= 0.6 is 0 Å². The molecule has 2 aromatic rings. The normalized spacial score (nSPS) is 11.2. The van der Waals surface area contributed by atoms with Gasteiger partial charge in [-0.25, -0.2) is 9.59 Å². The molecule has 0 unspecified atom stereocenters. The number of anilines is 1. The highest BCUT2D eigenvalue weighted by atomic mass is 16.6. The Morgan fingerprint density at radius 3 is 2.42 bits per heavy atom. The molecule has 0 saturated heterocycles. The minimum Gasteiger partial charge on any atom is -0.507 e. The summed E-state index contributed by atoms with van der Waals surface area (Å²) in [6.07, 6.45) is -0.638. The number of aromatic carboxylic acids is 1. The molecule has 0 aliphatic rings. The highest BCUT2D eigenvalue weighted by Gasteiger charge is 2.18. The zero-order valence-corrected chi connectivity index (χ0v) is 13.8. The Bertz CT molecular complexity index is 789. The van der Waals surface area contributed by atoms with E-state index in [1.54, 1.807) is 26.8 Å². The molecule has 0 fully saturated rings. The number of nitrogens with one attached hydrogen (secondary N) is 1. The molecule has 8 heteroatoms. The van der Waals surface area contributed by atoms with Gasteiger partial charge in [-0.3, -0.25) is 10.00 Å². The minimum absolute atomic E-state index is 0.000330. The number of carbonyl (C=O) groups excluding carboxylic acids is 1. The fraction of sp³-hybridized carbons (Fsp3) is 0.312. The van der Waals surface area contributed by atoms with Crippen LogP contribution < -0.4 is 5.32 Å². The number of phenols is 1. The molecule has 0 bridgehead atoms. The molecule has 1 aromatic carbocycles. The van der Waals surface area contributed by atoms with Crippen molar-refractivity contribution in [3.05, 3.63) is 30.0 Å². The molecule has 1 aromatic heterocycles. The summed E-state index contributed by atoms with van der Waals surface area (Å²) < 4.78 is 6.34. The first kappa shape index (κ1) is 17.3. The fourth-order valence-corrected chi connectivity index (χ4v) is 2.05. The fourth-order valence-electron chi connectivity index (χ4n) is 2.05. The Hall–Kier alpha value is -3.03. The molecule has 0 saturated carbocycles. The quantitative estimate of drug-likeness (QED) is 0.796.